The number of nitrogens with zero attached hydrogens (tertiary/aromatic N) is 1. The quantitative estimate of drug-likeness (QED) is 0.691. The molecule has 0 bridgehead atoms. The van der Waals surface area contributed by atoms with Gasteiger partial charge in [0.2, 0.25) is 5.91 Å². The van der Waals surface area contributed by atoms with Gasteiger partial charge in [-0.1, -0.05) is 19.3 Å². The Labute approximate surface area is 144 Å². The van der Waals surface area contributed by atoms with Gasteiger partial charge in [-0.2, -0.15) is 0 Å². The lowest BCUT2D eigenvalue weighted by molar-refractivity contribution is -0.144. The number of carbonyl (C=O) groups is 3. The molecule has 2 N–H and O–H groups in total. The Balaban J connectivity index is 2.69. The van der Waals surface area contributed by atoms with Crippen LogP contribution in [0.2, 0.25) is 0 Å². The zero-order chi connectivity index (χ0) is 18.2. The van der Waals surface area contributed by atoms with E-state index in [1.807, 2.05) is 0 Å². The van der Waals surface area contributed by atoms with Gasteiger partial charge in [0, 0.05) is 20.1 Å². The normalized spacial score (nSPS) is 17.5. The SMILES string of the molecule is CCOC(=O)CC(C)(CC(=O)NC1CCCCC1)NC(=O)N(C)C. The molecule has 7 nitrogen and oxygen atoms in total. The Bertz CT molecular complexity index is 447. The second kappa shape index (κ2) is 9.49. The first-order valence-corrected chi connectivity index (χ1v) is 8.70. The molecule has 1 aliphatic carbocycles. The molecule has 0 saturated heterocycles. The maximum absolute atomic E-state index is 12.4. The summed E-state index contributed by atoms with van der Waals surface area (Å²) >= 11 is 0. The zero-order valence-electron chi connectivity index (χ0n) is 15.3. The number of hydrogen-bond donors (Lipinski definition) is 2. The van der Waals surface area contributed by atoms with Crippen LogP contribution in [0.4, 0.5) is 4.79 Å². The van der Waals surface area contributed by atoms with Gasteiger partial charge in [-0.15, -0.1) is 0 Å². The van der Waals surface area contributed by atoms with Crippen LogP contribution in [0.3, 0.4) is 0 Å². The average Bonchev–Trinajstić information content (AvgIpc) is 2.47. The maximum atomic E-state index is 12.4. The molecule has 0 aromatic rings. The van der Waals surface area contributed by atoms with Crippen LogP contribution >= 0.6 is 0 Å². The molecule has 138 valence electrons. The van der Waals surface area contributed by atoms with Gasteiger partial charge in [0.05, 0.1) is 25.0 Å². The monoisotopic (exact) mass is 341 g/mol. The molecule has 3 amide bonds. The third-order valence-electron chi connectivity index (χ3n) is 4.18. The van der Waals surface area contributed by atoms with Gasteiger partial charge in [0.1, 0.15) is 0 Å². The Morgan fingerprint density at radius 3 is 2.29 bits per heavy atom. The summed E-state index contributed by atoms with van der Waals surface area (Å²) in [5.41, 5.74) is -0.980. The highest BCUT2D eigenvalue weighted by Crippen LogP contribution is 2.20. The van der Waals surface area contributed by atoms with Gasteiger partial charge in [0.25, 0.3) is 0 Å². The van der Waals surface area contributed by atoms with E-state index in [-0.39, 0.29) is 37.4 Å². The van der Waals surface area contributed by atoms with E-state index in [2.05, 4.69) is 10.6 Å². The van der Waals surface area contributed by atoms with E-state index in [0.29, 0.717) is 0 Å². The van der Waals surface area contributed by atoms with Crippen molar-refractivity contribution in [3.63, 3.8) is 0 Å². The standard InChI is InChI=1S/C17H31N3O4/c1-5-24-15(22)12-17(2,19-16(23)20(3)4)11-14(21)18-13-9-7-6-8-10-13/h13H,5-12H2,1-4H3,(H,18,21)(H,19,23). The summed E-state index contributed by atoms with van der Waals surface area (Å²) in [5.74, 6) is -0.572. The minimum Gasteiger partial charge on any atom is -0.466 e. The van der Waals surface area contributed by atoms with Gasteiger partial charge >= 0.3 is 12.0 Å². The topological polar surface area (TPSA) is 87.7 Å². The van der Waals surface area contributed by atoms with Crippen molar-refractivity contribution in [2.24, 2.45) is 0 Å². The first-order valence-electron chi connectivity index (χ1n) is 8.70. The summed E-state index contributed by atoms with van der Waals surface area (Å²) in [7, 11) is 3.23. The lowest BCUT2D eigenvalue weighted by atomic mass is 9.91. The number of rotatable bonds is 7. The van der Waals surface area contributed by atoms with Gasteiger partial charge in [-0.25, -0.2) is 4.79 Å². The number of carbonyl (C=O) groups excluding carboxylic acids is 3. The number of amides is 3. The summed E-state index contributed by atoms with van der Waals surface area (Å²) in [6.45, 7) is 3.69. The van der Waals surface area contributed by atoms with Crippen molar-refractivity contribution in [1.29, 1.82) is 0 Å². The number of esters is 1. The smallest absolute Gasteiger partial charge is 0.317 e. The van der Waals surface area contributed by atoms with E-state index < -0.39 is 11.5 Å². The summed E-state index contributed by atoms with van der Waals surface area (Å²) in [6.07, 6.45) is 5.45. The molecule has 1 unspecified atom stereocenters. The van der Waals surface area contributed by atoms with E-state index in [0.717, 1.165) is 25.7 Å². The minimum atomic E-state index is -0.980. The molecule has 1 atom stereocenters. The predicted molar refractivity (Wildman–Crippen MR) is 91.5 cm³/mol. The third-order valence-corrected chi connectivity index (χ3v) is 4.18. The first-order chi connectivity index (χ1) is 11.3. The van der Waals surface area contributed by atoms with Crippen molar-refractivity contribution in [1.82, 2.24) is 15.5 Å². The van der Waals surface area contributed by atoms with Crippen LogP contribution < -0.4 is 10.6 Å². The van der Waals surface area contributed by atoms with Crippen molar-refractivity contribution >= 4 is 17.9 Å². The van der Waals surface area contributed by atoms with Gasteiger partial charge in [-0.05, 0) is 26.7 Å². The lowest BCUT2D eigenvalue weighted by Crippen LogP contribution is -2.54. The molecule has 0 aromatic heterocycles. The van der Waals surface area contributed by atoms with Crippen LogP contribution in [0.1, 0.15) is 58.8 Å². The summed E-state index contributed by atoms with van der Waals surface area (Å²) < 4.78 is 4.98. The molecule has 0 aliphatic heterocycles. The van der Waals surface area contributed by atoms with Crippen LogP contribution in [0.5, 0.6) is 0 Å². The van der Waals surface area contributed by atoms with Gasteiger partial charge in [0.15, 0.2) is 0 Å². The fourth-order valence-electron chi connectivity index (χ4n) is 2.93. The van der Waals surface area contributed by atoms with Crippen molar-refractivity contribution in [3.8, 4) is 0 Å². The van der Waals surface area contributed by atoms with Crippen LogP contribution in [0, 0.1) is 0 Å². The van der Waals surface area contributed by atoms with Gasteiger partial charge < -0.3 is 20.3 Å². The van der Waals surface area contributed by atoms with E-state index >= 15 is 0 Å². The molecular formula is C17H31N3O4. The second-order valence-electron chi connectivity index (χ2n) is 6.95. The van der Waals surface area contributed by atoms with Crippen LogP contribution in [0.15, 0.2) is 0 Å². The summed E-state index contributed by atoms with van der Waals surface area (Å²) in [4.78, 5) is 37.6. The van der Waals surface area contributed by atoms with E-state index in [1.54, 1.807) is 27.9 Å². The molecule has 0 aromatic carbocycles. The van der Waals surface area contributed by atoms with Crippen molar-refractivity contribution in [2.45, 2.75) is 70.4 Å². The number of ether oxygens (including phenoxy) is 1. The minimum absolute atomic E-state index is 0.0431. The van der Waals surface area contributed by atoms with Gasteiger partial charge in [-0.3, -0.25) is 9.59 Å². The fourth-order valence-corrected chi connectivity index (χ4v) is 2.93. The molecule has 7 heteroatoms. The van der Waals surface area contributed by atoms with Crippen LogP contribution in [0.25, 0.3) is 0 Å². The fraction of sp³-hybridized carbons (Fsp3) is 0.824. The second-order valence-corrected chi connectivity index (χ2v) is 6.95. The lowest BCUT2D eigenvalue weighted by Gasteiger charge is -2.32. The van der Waals surface area contributed by atoms with E-state index in [9.17, 15) is 14.4 Å². The Hall–Kier alpha value is -1.79. The Kier molecular flexibility index (Phi) is 8.01. The molecule has 1 saturated carbocycles. The molecule has 1 aliphatic rings. The summed E-state index contributed by atoms with van der Waals surface area (Å²) in [5, 5.41) is 5.80. The highest BCUT2D eigenvalue weighted by atomic mass is 16.5. The Morgan fingerprint density at radius 2 is 1.75 bits per heavy atom. The van der Waals surface area contributed by atoms with Crippen LogP contribution in [-0.4, -0.2) is 55.1 Å². The molecule has 0 heterocycles. The highest BCUT2D eigenvalue weighted by molar-refractivity contribution is 5.82. The molecule has 0 spiro atoms. The Morgan fingerprint density at radius 1 is 1.12 bits per heavy atom. The van der Waals surface area contributed by atoms with Crippen LogP contribution in [-0.2, 0) is 14.3 Å². The zero-order valence-corrected chi connectivity index (χ0v) is 15.3. The maximum Gasteiger partial charge on any atom is 0.317 e. The first kappa shape index (κ1) is 20.3. The average molecular weight is 341 g/mol. The molecule has 1 fully saturated rings. The molecular weight excluding hydrogens is 310 g/mol. The number of nitrogens with one attached hydrogen (secondary N) is 2. The van der Waals surface area contributed by atoms with Crippen molar-refractivity contribution in [2.75, 3.05) is 20.7 Å². The number of hydrogen-bond acceptors (Lipinski definition) is 4. The largest absolute Gasteiger partial charge is 0.466 e. The molecule has 1 rings (SSSR count). The van der Waals surface area contributed by atoms with Crippen molar-refractivity contribution < 1.29 is 19.1 Å². The number of urea groups is 1. The van der Waals surface area contributed by atoms with E-state index in [4.69, 9.17) is 4.74 Å². The molecule has 0 radical (unpaired) electrons. The summed E-state index contributed by atoms with van der Waals surface area (Å²) in [6, 6.07) is -0.144. The highest BCUT2D eigenvalue weighted by Gasteiger charge is 2.34. The predicted octanol–water partition coefficient (Wildman–Crippen LogP) is 1.81. The molecule has 24 heavy (non-hydrogen) atoms. The van der Waals surface area contributed by atoms with Crippen molar-refractivity contribution in [3.05, 3.63) is 0 Å². The van der Waals surface area contributed by atoms with E-state index in [1.165, 1.54) is 11.3 Å². The third kappa shape index (κ3) is 7.19.